The van der Waals surface area contributed by atoms with Crippen LogP contribution in [0, 0.1) is 27.2 Å². The van der Waals surface area contributed by atoms with E-state index < -0.39 is 36.1 Å². The maximum absolute atomic E-state index is 13.0. The summed E-state index contributed by atoms with van der Waals surface area (Å²) in [5.41, 5.74) is -0.278. The van der Waals surface area contributed by atoms with Gasteiger partial charge in [0, 0.05) is 49.6 Å². The number of anilines is 2. The van der Waals surface area contributed by atoms with Gasteiger partial charge in [-0.1, -0.05) is 12.1 Å². The number of nitro benzene ring substituents is 2. The van der Waals surface area contributed by atoms with Crippen LogP contribution in [0.3, 0.4) is 0 Å². The summed E-state index contributed by atoms with van der Waals surface area (Å²) in [5.74, 6) is 0.756. The van der Waals surface area contributed by atoms with Gasteiger partial charge >= 0.3 is 0 Å². The minimum absolute atomic E-state index is 0.156. The topological polar surface area (TPSA) is 165 Å². The molecule has 2 aromatic carbocycles. The lowest BCUT2D eigenvalue weighted by Crippen LogP contribution is -2.44. The molecule has 14 heteroatoms. The average Bonchev–Trinajstić information content (AvgIpc) is 2.84. The zero-order valence-electron chi connectivity index (χ0n) is 19.5. The van der Waals surface area contributed by atoms with Crippen LogP contribution >= 0.6 is 0 Å². The van der Waals surface area contributed by atoms with Crippen molar-refractivity contribution in [2.75, 3.05) is 42.8 Å². The number of sulfonamides is 1. The largest absolute Gasteiger partial charge is 0.353 e. The van der Waals surface area contributed by atoms with Gasteiger partial charge in [0.15, 0.2) is 5.82 Å². The Morgan fingerprint density at radius 2 is 1.56 bits per heavy atom. The summed E-state index contributed by atoms with van der Waals surface area (Å²) >= 11 is 0. The number of piperazine rings is 1. The molecule has 0 unspecified atom stereocenters. The minimum Gasteiger partial charge on any atom is -0.353 e. The number of benzene rings is 2. The molecule has 0 bridgehead atoms. The fourth-order valence-corrected chi connectivity index (χ4v) is 4.92. The number of nitrogens with zero attached hydrogens (tertiary/aromatic N) is 6. The van der Waals surface area contributed by atoms with Crippen LogP contribution in [0.25, 0.3) is 11.3 Å². The molecule has 4 rings (SSSR count). The molecule has 1 fully saturated rings. The van der Waals surface area contributed by atoms with Gasteiger partial charge < -0.3 is 9.80 Å². The van der Waals surface area contributed by atoms with Crippen molar-refractivity contribution >= 4 is 32.9 Å². The molecule has 0 radical (unpaired) electrons. The summed E-state index contributed by atoms with van der Waals surface area (Å²) in [7, 11) is -2.31. The van der Waals surface area contributed by atoms with Crippen molar-refractivity contribution in [1.82, 2.24) is 15.1 Å². The second-order valence-electron chi connectivity index (χ2n) is 8.35. The van der Waals surface area contributed by atoms with Crippen LogP contribution in [-0.2, 0) is 10.0 Å². The Kier molecular flexibility index (Phi) is 6.81. The van der Waals surface area contributed by atoms with E-state index in [-0.39, 0.29) is 11.3 Å². The van der Waals surface area contributed by atoms with E-state index in [1.54, 1.807) is 18.2 Å². The van der Waals surface area contributed by atoms with Gasteiger partial charge in [-0.05, 0) is 38.2 Å². The molecule has 188 valence electrons. The van der Waals surface area contributed by atoms with Gasteiger partial charge in [-0.15, -0.1) is 10.2 Å². The summed E-state index contributed by atoms with van der Waals surface area (Å²) in [5, 5.41) is 31.2. The van der Waals surface area contributed by atoms with Crippen LogP contribution < -0.4 is 9.62 Å². The predicted octanol–water partition coefficient (Wildman–Crippen LogP) is 2.82. The fourth-order valence-electron chi connectivity index (χ4n) is 3.83. The normalized spacial score (nSPS) is 14.4. The van der Waals surface area contributed by atoms with Crippen molar-refractivity contribution < 1.29 is 18.3 Å². The number of likely N-dealkylation sites (N-methyl/N-ethyl adjacent to an activating group) is 1. The van der Waals surface area contributed by atoms with Gasteiger partial charge in [0.1, 0.15) is 10.5 Å². The SMILES string of the molecule is Cc1c([N+](=O)[O-])cc(S(=O)(=O)Nc2cccc(-c3ccc(N4CCN(C)CC4)nn3)c2)cc1[N+](=O)[O-]. The van der Waals surface area contributed by atoms with E-state index in [9.17, 15) is 28.6 Å². The lowest BCUT2D eigenvalue weighted by molar-refractivity contribution is -0.395. The smallest absolute Gasteiger partial charge is 0.280 e. The average molecular weight is 514 g/mol. The Labute approximate surface area is 206 Å². The number of aromatic nitrogens is 2. The third-order valence-corrected chi connectivity index (χ3v) is 7.28. The minimum atomic E-state index is -4.37. The predicted molar refractivity (Wildman–Crippen MR) is 132 cm³/mol. The summed E-state index contributed by atoms with van der Waals surface area (Å²) in [6.45, 7) is 4.74. The van der Waals surface area contributed by atoms with Gasteiger partial charge in [0.25, 0.3) is 21.4 Å². The Hall–Kier alpha value is -4.17. The molecule has 1 aliphatic heterocycles. The van der Waals surface area contributed by atoms with E-state index in [1.165, 1.54) is 19.1 Å². The summed E-state index contributed by atoms with van der Waals surface area (Å²) in [4.78, 5) is 24.7. The standard InChI is InChI=1S/C22H23N7O6S/c1-15-20(28(30)31)13-18(14-21(15)29(32)33)36(34,35)25-17-5-3-4-16(12-17)19-6-7-22(24-23-19)27-10-8-26(2)9-11-27/h3-7,12-14,25H,8-11H2,1-2H3. The first-order chi connectivity index (χ1) is 17.0. The monoisotopic (exact) mass is 513 g/mol. The van der Waals surface area contributed by atoms with Gasteiger partial charge in [-0.25, -0.2) is 8.42 Å². The second kappa shape index (κ2) is 9.83. The van der Waals surface area contributed by atoms with E-state index in [4.69, 9.17) is 0 Å². The molecular formula is C22H23N7O6S. The molecule has 1 N–H and O–H groups in total. The first kappa shape index (κ1) is 24.9. The van der Waals surface area contributed by atoms with Gasteiger partial charge in [0.2, 0.25) is 0 Å². The quantitative estimate of drug-likeness (QED) is 0.367. The third-order valence-electron chi connectivity index (χ3n) is 5.92. The van der Waals surface area contributed by atoms with Crippen molar-refractivity contribution in [2.45, 2.75) is 11.8 Å². The van der Waals surface area contributed by atoms with E-state index in [1.807, 2.05) is 6.07 Å². The first-order valence-corrected chi connectivity index (χ1v) is 12.4. The highest BCUT2D eigenvalue weighted by molar-refractivity contribution is 7.92. The van der Waals surface area contributed by atoms with Crippen LogP contribution in [0.4, 0.5) is 22.9 Å². The number of hydrogen-bond acceptors (Lipinski definition) is 10. The maximum Gasteiger partial charge on any atom is 0.280 e. The van der Waals surface area contributed by atoms with Crippen LogP contribution in [0.1, 0.15) is 5.56 Å². The lowest BCUT2D eigenvalue weighted by atomic mass is 10.1. The fraction of sp³-hybridized carbons (Fsp3) is 0.273. The molecule has 1 aromatic heterocycles. The maximum atomic E-state index is 13.0. The molecule has 0 spiro atoms. The first-order valence-electron chi connectivity index (χ1n) is 10.9. The summed E-state index contributed by atoms with van der Waals surface area (Å²) in [6, 6.07) is 11.6. The molecule has 2 heterocycles. The highest BCUT2D eigenvalue weighted by Crippen LogP contribution is 2.32. The molecule has 3 aromatic rings. The Bertz CT molecular complexity index is 1390. The van der Waals surface area contributed by atoms with Crippen molar-refractivity contribution in [3.05, 3.63) is 74.3 Å². The van der Waals surface area contributed by atoms with Gasteiger partial charge in [0.05, 0.1) is 15.5 Å². The van der Waals surface area contributed by atoms with E-state index in [0.717, 1.165) is 44.1 Å². The zero-order valence-corrected chi connectivity index (χ0v) is 20.3. The summed E-state index contributed by atoms with van der Waals surface area (Å²) < 4.78 is 28.2. The summed E-state index contributed by atoms with van der Waals surface area (Å²) in [6.07, 6.45) is 0. The molecule has 13 nitrogen and oxygen atoms in total. The van der Waals surface area contributed by atoms with Crippen LogP contribution in [0.15, 0.2) is 53.4 Å². The van der Waals surface area contributed by atoms with Crippen molar-refractivity contribution in [2.24, 2.45) is 0 Å². The Morgan fingerprint density at radius 3 is 2.11 bits per heavy atom. The zero-order chi connectivity index (χ0) is 26.0. The highest BCUT2D eigenvalue weighted by Gasteiger charge is 2.28. The third kappa shape index (κ3) is 5.23. The lowest BCUT2D eigenvalue weighted by Gasteiger charge is -2.32. The van der Waals surface area contributed by atoms with Crippen molar-refractivity contribution in [3.63, 3.8) is 0 Å². The van der Waals surface area contributed by atoms with Crippen LogP contribution in [0.2, 0.25) is 0 Å². The molecule has 0 amide bonds. The van der Waals surface area contributed by atoms with E-state index in [2.05, 4.69) is 31.8 Å². The van der Waals surface area contributed by atoms with Crippen molar-refractivity contribution in [3.8, 4) is 11.3 Å². The van der Waals surface area contributed by atoms with Gasteiger partial charge in [-0.3, -0.25) is 25.0 Å². The van der Waals surface area contributed by atoms with Crippen LogP contribution in [-0.4, -0.2) is 66.6 Å². The number of nitro groups is 2. The molecular weight excluding hydrogens is 490 g/mol. The molecule has 1 saturated heterocycles. The Morgan fingerprint density at radius 1 is 0.917 bits per heavy atom. The van der Waals surface area contributed by atoms with Crippen molar-refractivity contribution in [1.29, 1.82) is 0 Å². The second-order valence-corrected chi connectivity index (χ2v) is 10.0. The highest BCUT2D eigenvalue weighted by atomic mass is 32.2. The number of rotatable bonds is 7. The molecule has 36 heavy (non-hydrogen) atoms. The molecule has 0 aliphatic carbocycles. The number of nitrogens with one attached hydrogen (secondary N) is 1. The van der Waals surface area contributed by atoms with E-state index in [0.29, 0.717) is 11.3 Å². The molecule has 0 atom stereocenters. The Balaban J connectivity index is 1.59. The van der Waals surface area contributed by atoms with Crippen LogP contribution in [0.5, 0.6) is 0 Å². The molecule has 0 saturated carbocycles. The molecule has 1 aliphatic rings. The van der Waals surface area contributed by atoms with Gasteiger partial charge in [-0.2, -0.15) is 0 Å². The number of hydrogen-bond donors (Lipinski definition) is 1. The van der Waals surface area contributed by atoms with E-state index >= 15 is 0 Å².